The highest BCUT2D eigenvalue weighted by molar-refractivity contribution is 5.88. The first kappa shape index (κ1) is 17.1. The summed E-state index contributed by atoms with van der Waals surface area (Å²) in [7, 11) is 0. The number of benzene rings is 2. The number of nitrogens with one attached hydrogen (secondary N) is 1. The Morgan fingerprint density at radius 2 is 1.89 bits per heavy atom. The lowest BCUT2D eigenvalue weighted by Crippen LogP contribution is -2.37. The standard InChI is InChI=1S/C20H18N2O5/c23-16-12-18(22-7-9-26-10-8-22)21-19-15(16)5-2-6-17(19)27-14-4-1-3-13(11-14)20(24)25/h1-6,11-12H,7-10H2,(H,21,23)(H,24,25). The van der Waals surface area contributed by atoms with Crippen molar-refractivity contribution in [3.05, 3.63) is 64.3 Å². The number of pyridine rings is 1. The molecule has 27 heavy (non-hydrogen) atoms. The second-order valence-corrected chi connectivity index (χ2v) is 6.23. The van der Waals surface area contributed by atoms with E-state index >= 15 is 0 Å². The van der Waals surface area contributed by atoms with Crippen molar-refractivity contribution < 1.29 is 19.4 Å². The molecule has 0 atom stereocenters. The Morgan fingerprint density at radius 3 is 2.67 bits per heavy atom. The Hall–Kier alpha value is -3.32. The second kappa shape index (κ2) is 7.13. The van der Waals surface area contributed by atoms with Crippen LogP contribution in [-0.4, -0.2) is 42.4 Å². The van der Waals surface area contributed by atoms with Crippen LogP contribution in [0.2, 0.25) is 0 Å². The lowest BCUT2D eigenvalue weighted by molar-refractivity contribution is 0.0696. The molecule has 1 aliphatic rings. The molecule has 2 heterocycles. The zero-order valence-corrected chi connectivity index (χ0v) is 14.5. The van der Waals surface area contributed by atoms with Crippen LogP contribution in [0.1, 0.15) is 10.4 Å². The van der Waals surface area contributed by atoms with E-state index < -0.39 is 5.97 Å². The first-order chi connectivity index (χ1) is 13.1. The summed E-state index contributed by atoms with van der Waals surface area (Å²) in [6.45, 7) is 2.62. The van der Waals surface area contributed by atoms with Crippen LogP contribution < -0.4 is 15.1 Å². The van der Waals surface area contributed by atoms with Gasteiger partial charge in [0.1, 0.15) is 11.6 Å². The fraction of sp³-hybridized carbons (Fsp3) is 0.200. The summed E-state index contributed by atoms with van der Waals surface area (Å²) >= 11 is 0. The van der Waals surface area contributed by atoms with E-state index in [0.717, 1.165) is 0 Å². The fourth-order valence-corrected chi connectivity index (χ4v) is 3.11. The van der Waals surface area contributed by atoms with Crippen molar-refractivity contribution in [1.82, 2.24) is 4.98 Å². The van der Waals surface area contributed by atoms with E-state index in [-0.39, 0.29) is 11.0 Å². The van der Waals surface area contributed by atoms with Gasteiger partial charge in [-0.05, 0) is 30.3 Å². The average molecular weight is 366 g/mol. The summed E-state index contributed by atoms with van der Waals surface area (Å²) in [6.07, 6.45) is 0. The number of anilines is 1. The molecule has 7 nitrogen and oxygen atoms in total. The number of para-hydroxylation sites is 1. The number of aromatic carboxylic acids is 1. The van der Waals surface area contributed by atoms with E-state index in [2.05, 4.69) is 9.88 Å². The molecule has 1 aromatic heterocycles. The largest absolute Gasteiger partial charge is 0.478 e. The van der Waals surface area contributed by atoms with Crippen LogP contribution >= 0.6 is 0 Å². The Bertz CT molecular complexity index is 1050. The van der Waals surface area contributed by atoms with Crippen LogP contribution in [0.4, 0.5) is 5.82 Å². The summed E-state index contributed by atoms with van der Waals surface area (Å²) in [4.78, 5) is 29.1. The lowest BCUT2D eigenvalue weighted by Gasteiger charge is -2.28. The molecule has 4 rings (SSSR count). The summed E-state index contributed by atoms with van der Waals surface area (Å²) in [5.74, 6) is 0.537. The molecule has 0 unspecified atom stereocenters. The van der Waals surface area contributed by atoms with Crippen LogP contribution in [-0.2, 0) is 4.74 Å². The number of H-pyrrole nitrogens is 1. The van der Waals surface area contributed by atoms with Gasteiger partial charge >= 0.3 is 5.97 Å². The lowest BCUT2D eigenvalue weighted by atomic mass is 10.2. The van der Waals surface area contributed by atoms with Crippen LogP contribution in [0.5, 0.6) is 11.5 Å². The maximum absolute atomic E-state index is 12.6. The van der Waals surface area contributed by atoms with Crippen molar-refractivity contribution in [3.63, 3.8) is 0 Å². The van der Waals surface area contributed by atoms with E-state index in [1.807, 2.05) is 0 Å². The summed E-state index contributed by atoms with van der Waals surface area (Å²) in [5.41, 5.74) is 0.609. The number of hydrogen-bond acceptors (Lipinski definition) is 5. The molecule has 1 fully saturated rings. The van der Waals surface area contributed by atoms with Gasteiger partial charge in [0.15, 0.2) is 11.2 Å². The van der Waals surface area contributed by atoms with Crippen molar-refractivity contribution in [2.75, 3.05) is 31.2 Å². The summed E-state index contributed by atoms with van der Waals surface area (Å²) in [6, 6.07) is 13.0. The Labute approximate surface area is 154 Å². The Balaban J connectivity index is 1.76. The summed E-state index contributed by atoms with van der Waals surface area (Å²) < 4.78 is 11.3. The molecule has 3 aromatic rings. The van der Waals surface area contributed by atoms with Gasteiger partial charge in [0.05, 0.1) is 24.3 Å². The van der Waals surface area contributed by atoms with Gasteiger partial charge in [-0.25, -0.2) is 4.79 Å². The number of carbonyl (C=O) groups is 1. The third-order valence-electron chi connectivity index (χ3n) is 4.47. The number of aromatic nitrogens is 1. The van der Waals surface area contributed by atoms with Crippen molar-refractivity contribution in [2.24, 2.45) is 0 Å². The number of rotatable bonds is 4. The molecule has 0 aliphatic carbocycles. The van der Waals surface area contributed by atoms with Gasteiger partial charge in [-0.15, -0.1) is 0 Å². The van der Waals surface area contributed by atoms with Gasteiger partial charge < -0.3 is 24.5 Å². The average Bonchev–Trinajstić information content (AvgIpc) is 2.69. The van der Waals surface area contributed by atoms with Crippen LogP contribution in [0, 0.1) is 0 Å². The number of fused-ring (bicyclic) bond motifs is 1. The first-order valence-electron chi connectivity index (χ1n) is 8.62. The minimum atomic E-state index is -1.03. The summed E-state index contributed by atoms with van der Waals surface area (Å²) in [5, 5.41) is 9.66. The molecular formula is C20H18N2O5. The number of ether oxygens (including phenoxy) is 2. The van der Waals surface area contributed by atoms with Gasteiger partial charge in [-0.1, -0.05) is 12.1 Å². The number of hydrogen-bond donors (Lipinski definition) is 2. The molecule has 0 spiro atoms. The number of nitrogens with zero attached hydrogens (tertiary/aromatic N) is 1. The molecule has 1 saturated heterocycles. The quantitative estimate of drug-likeness (QED) is 0.738. The minimum Gasteiger partial charge on any atom is -0.478 e. The molecule has 2 aromatic carbocycles. The SMILES string of the molecule is O=C(O)c1cccc(Oc2cccc3c(=O)cc(N4CCOCC4)[nH]c23)c1. The van der Waals surface area contributed by atoms with Crippen LogP contribution in [0.15, 0.2) is 53.3 Å². The molecule has 1 aliphatic heterocycles. The predicted molar refractivity (Wildman–Crippen MR) is 101 cm³/mol. The molecule has 7 heteroatoms. The third kappa shape index (κ3) is 3.50. The predicted octanol–water partition coefficient (Wildman–Crippen LogP) is 2.86. The number of carboxylic acid groups (broad SMARTS) is 1. The zero-order chi connectivity index (χ0) is 18.8. The Kier molecular flexibility index (Phi) is 4.52. The molecule has 0 radical (unpaired) electrons. The molecule has 0 amide bonds. The van der Waals surface area contributed by atoms with Gasteiger partial charge in [0, 0.05) is 24.5 Å². The van der Waals surface area contributed by atoms with Gasteiger partial charge in [0.2, 0.25) is 0 Å². The smallest absolute Gasteiger partial charge is 0.335 e. The zero-order valence-electron chi connectivity index (χ0n) is 14.5. The highest BCUT2D eigenvalue weighted by Crippen LogP contribution is 2.29. The maximum atomic E-state index is 12.6. The monoisotopic (exact) mass is 366 g/mol. The van der Waals surface area contributed by atoms with Gasteiger partial charge in [0.25, 0.3) is 0 Å². The van der Waals surface area contributed by atoms with E-state index in [0.29, 0.717) is 54.5 Å². The van der Waals surface area contributed by atoms with Crippen molar-refractivity contribution in [3.8, 4) is 11.5 Å². The minimum absolute atomic E-state index is 0.102. The van der Waals surface area contributed by atoms with E-state index in [1.54, 1.807) is 36.4 Å². The van der Waals surface area contributed by atoms with Crippen LogP contribution in [0.3, 0.4) is 0 Å². The van der Waals surface area contributed by atoms with Crippen molar-refractivity contribution in [2.45, 2.75) is 0 Å². The highest BCUT2D eigenvalue weighted by Gasteiger charge is 2.15. The molecule has 2 N–H and O–H groups in total. The number of aromatic amines is 1. The number of morpholine rings is 1. The molecule has 0 bridgehead atoms. The van der Waals surface area contributed by atoms with Gasteiger partial charge in [-0.2, -0.15) is 0 Å². The maximum Gasteiger partial charge on any atom is 0.335 e. The van der Waals surface area contributed by atoms with E-state index in [1.165, 1.54) is 12.1 Å². The molecule has 138 valence electrons. The van der Waals surface area contributed by atoms with Crippen molar-refractivity contribution in [1.29, 1.82) is 0 Å². The first-order valence-corrected chi connectivity index (χ1v) is 8.62. The highest BCUT2D eigenvalue weighted by atomic mass is 16.5. The van der Waals surface area contributed by atoms with Crippen LogP contribution in [0.25, 0.3) is 10.9 Å². The number of carboxylic acids is 1. The van der Waals surface area contributed by atoms with E-state index in [9.17, 15) is 9.59 Å². The second-order valence-electron chi connectivity index (χ2n) is 6.23. The Morgan fingerprint density at radius 1 is 1.11 bits per heavy atom. The fourth-order valence-electron chi connectivity index (χ4n) is 3.11. The van der Waals surface area contributed by atoms with Gasteiger partial charge in [-0.3, -0.25) is 4.79 Å². The molecule has 0 saturated carbocycles. The topological polar surface area (TPSA) is 91.9 Å². The van der Waals surface area contributed by atoms with E-state index in [4.69, 9.17) is 14.6 Å². The normalized spacial score (nSPS) is 14.3. The van der Waals surface area contributed by atoms with Crippen molar-refractivity contribution >= 4 is 22.7 Å². The molecular weight excluding hydrogens is 348 g/mol. The third-order valence-corrected chi connectivity index (χ3v) is 4.47.